The number of nitrogens with zero attached hydrogens (tertiary/aromatic N) is 2. The second kappa shape index (κ2) is 7.58. The molecule has 0 unspecified atom stereocenters. The second-order valence-electron chi connectivity index (χ2n) is 5.71. The fraction of sp³-hybridized carbons (Fsp3) is 0.0588. The number of nitriles is 1. The number of carbonyl (C=O) groups excluding carboxylic acids is 1. The molecule has 2 aromatic rings. The predicted molar refractivity (Wildman–Crippen MR) is 99.3 cm³/mol. The fourth-order valence-electron chi connectivity index (χ4n) is 2.45. The van der Waals surface area contributed by atoms with Crippen LogP contribution in [0, 0.1) is 21.4 Å². The number of nitro benzene ring substituents is 1. The molecule has 1 heterocycles. The molecule has 2 aromatic carbocycles. The number of sulfonamides is 1. The predicted octanol–water partition coefficient (Wildman–Crippen LogP) is 1.52. The Morgan fingerprint density at radius 1 is 1.24 bits per heavy atom. The van der Waals surface area contributed by atoms with Gasteiger partial charge in [0.05, 0.1) is 21.4 Å². The number of hydrogen-bond donors (Lipinski definition) is 2. The molecule has 0 radical (unpaired) electrons. The summed E-state index contributed by atoms with van der Waals surface area (Å²) in [5.74, 6) is -0.410. The molecule has 1 aliphatic rings. The van der Waals surface area contributed by atoms with Crippen LogP contribution in [0.15, 0.2) is 46.9 Å². The lowest BCUT2D eigenvalue weighted by Gasteiger charge is -2.06. The average Bonchev–Trinajstić information content (AvgIpc) is 3.12. The maximum Gasteiger partial charge on any atom is 0.280 e. The minimum absolute atomic E-state index is 0.0180. The highest BCUT2D eigenvalue weighted by Gasteiger charge is 2.23. The van der Waals surface area contributed by atoms with Gasteiger partial charge in [-0.15, -0.1) is 0 Å². The van der Waals surface area contributed by atoms with E-state index >= 15 is 0 Å². The lowest BCUT2D eigenvalue weighted by molar-refractivity contribution is -0.385. The van der Waals surface area contributed by atoms with Crippen LogP contribution in [-0.4, -0.2) is 26.0 Å². The van der Waals surface area contributed by atoms with Gasteiger partial charge in [-0.2, -0.15) is 5.26 Å². The third-order valence-corrected chi connectivity index (χ3v) is 4.75. The van der Waals surface area contributed by atoms with Gasteiger partial charge in [0.25, 0.3) is 11.6 Å². The summed E-state index contributed by atoms with van der Waals surface area (Å²) in [5, 5.41) is 28.0. The molecule has 11 nitrogen and oxygen atoms in total. The molecule has 3 N–H and O–H groups in total. The molecule has 0 atom stereocenters. The molecule has 0 saturated heterocycles. The maximum absolute atomic E-state index is 12.4. The summed E-state index contributed by atoms with van der Waals surface area (Å²) in [5.41, 5.74) is -0.603. The highest BCUT2D eigenvalue weighted by molar-refractivity contribution is 7.89. The summed E-state index contributed by atoms with van der Waals surface area (Å²) in [7, 11) is -3.89. The van der Waals surface area contributed by atoms with Crippen LogP contribution < -0.4 is 19.9 Å². The van der Waals surface area contributed by atoms with E-state index in [4.69, 9.17) is 14.6 Å². The Morgan fingerprint density at radius 2 is 1.86 bits per heavy atom. The van der Waals surface area contributed by atoms with Crippen molar-refractivity contribution in [1.29, 1.82) is 5.26 Å². The second-order valence-corrected chi connectivity index (χ2v) is 7.28. The molecule has 148 valence electrons. The lowest BCUT2D eigenvalue weighted by Crippen LogP contribution is -2.14. The van der Waals surface area contributed by atoms with E-state index in [1.165, 1.54) is 30.3 Å². The number of rotatable bonds is 5. The third-order valence-electron chi connectivity index (χ3n) is 3.82. The number of hydrogen-bond acceptors (Lipinski definition) is 8. The van der Waals surface area contributed by atoms with Gasteiger partial charge in [-0.25, -0.2) is 13.6 Å². The molecule has 0 spiro atoms. The monoisotopic (exact) mass is 416 g/mol. The van der Waals surface area contributed by atoms with E-state index < -0.39 is 26.4 Å². The van der Waals surface area contributed by atoms with E-state index in [-0.39, 0.29) is 40.1 Å². The van der Waals surface area contributed by atoms with E-state index in [0.29, 0.717) is 0 Å². The number of nitrogens with one attached hydrogen (secondary N) is 1. The number of ether oxygens (including phenoxy) is 2. The molecule has 1 amide bonds. The Hall–Kier alpha value is -3.95. The first-order chi connectivity index (χ1) is 13.7. The highest BCUT2D eigenvalue weighted by Crippen LogP contribution is 2.38. The van der Waals surface area contributed by atoms with Crippen LogP contribution in [-0.2, 0) is 14.8 Å². The Balaban J connectivity index is 1.90. The molecular weight excluding hydrogens is 404 g/mol. The lowest BCUT2D eigenvalue weighted by atomic mass is 10.1. The van der Waals surface area contributed by atoms with Crippen molar-refractivity contribution in [2.24, 2.45) is 5.14 Å². The van der Waals surface area contributed by atoms with Gasteiger partial charge < -0.3 is 14.8 Å². The van der Waals surface area contributed by atoms with Crippen LogP contribution in [0.2, 0.25) is 0 Å². The molecule has 0 fully saturated rings. The van der Waals surface area contributed by atoms with E-state index in [2.05, 4.69) is 5.32 Å². The van der Waals surface area contributed by atoms with Gasteiger partial charge in [-0.1, -0.05) is 0 Å². The van der Waals surface area contributed by atoms with Crippen LogP contribution in [0.1, 0.15) is 5.56 Å². The van der Waals surface area contributed by atoms with Gasteiger partial charge in [0.2, 0.25) is 16.8 Å². The molecule has 0 aliphatic carbocycles. The van der Waals surface area contributed by atoms with Crippen LogP contribution in [0.25, 0.3) is 6.08 Å². The van der Waals surface area contributed by atoms with Gasteiger partial charge in [0.1, 0.15) is 11.6 Å². The summed E-state index contributed by atoms with van der Waals surface area (Å²) >= 11 is 0. The summed E-state index contributed by atoms with van der Waals surface area (Å²) in [6, 6.07) is 9.06. The number of nitro groups is 1. The topological polar surface area (TPSA) is 175 Å². The van der Waals surface area contributed by atoms with Gasteiger partial charge in [-0.3, -0.25) is 14.9 Å². The molecule has 0 bridgehead atoms. The first-order valence-electron chi connectivity index (χ1n) is 7.83. The summed E-state index contributed by atoms with van der Waals surface area (Å²) in [6.45, 7) is -0.0975. The number of anilines is 1. The van der Waals surface area contributed by atoms with Crippen LogP contribution in [0.4, 0.5) is 11.4 Å². The Labute approximate surface area is 164 Å². The first-order valence-corrected chi connectivity index (χ1v) is 9.37. The van der Waals surface area contributed by atoms with Crippen molar-refractivity contribution in [2.75, 3.05) is 12.1 Å². The van der Waals surface area contributed by atoms with Crippen molar-refractivity contribution in [3.8, 4) is 17.6 Å². The number of benzene rings is 2. The minimum Gasteiger partial charge on any atom is -0.454 e. The van der Waals surface area contributed by atoms with Gasteiger partial charge >= 0.3 is 0 Å². The number of carbonyl (C=O) groups is 1. The third kappa shape index (κ3) is 4.32. The van der Waals surface area contributed by atoms with Crippen molar-refractivity contribution in [1.82, 2.24) is 0 Å². The average molecular weight is 416 g/mol. The molecular formula is C17H12N4O7S. The molecule has 12 heteroatoms. The summed E-state index contributed by atoms with van der Waals surface area (Å²) in [4.78, 5) is 22.9. The molecule has 0 saturated carbocycles. The molecule has 0 aromatic heterocycles. The highest BCUT2D eigenvalue weighted by atomic mass is 32.2. The van der Waals surface area contributed by atoms with Crippen molar-refractivity contribution >= 4 is 33.4 Å². The van der Waals surface area contributed by atoms with E-state index in [0.717, 1.165) is 12.1 Å². The minimum atomic E-state index is -3.89. The largest absolute Gasteiger partial charge is 0.454 e. The van der Waals surface area contributed by atoms with Crippen molar-refractivity contribution in [2.45, 2.75) is 4.90 Å². The Morgan fingerprint density at radius 3 is 2.41 bits per heavy atom. The zero-order valence-corrected chi connectivity index (χ0v) is 15.3. The number of primary sulfonamides is 1. The summed E-state index contributed by atoms with van der Waals surface area (Å²) < 4.78 is 32.8. The standard InChI is InChI=1S/C17H12N4O7S/c18-8-11(17(22)20-12-1-3-13(4-2-12)29(19,25)26)5-10-6-15-16(28-9-27-15)7-14(10)21(23)24/h1-7H,9H2,(H,20,22)(H2,19,25,26). The summed E-state index contributed by atoms with van der Waals surface area (Å²) in [6.07, 6.45) is 1.05. The molecule has 3 rings (SSSR count). The Bertz CT molecular complexity index is 1180. The van der Waals surface area contributed by atoms with E-state index in [9.17, 15) is 28.6 Å². The van der Waals surface area contributed by atoms with Gasteiger partial charge in [-0.05, 0) is 36.4 Å². The number of amides is 1. The number of fused-ring (bicyclic) bond motifs is 1. The maximum atomic E-state index is 12.4. The fourth-order valence-corrected chi connectivity index (χ4v) is 2.97. The first kappa shape index (κ1) is 19.8. The van der Waals surface area contributed by atoms with Crippen molar-refractivity contribution in [3.63, 3.8) is 0 Å². The zero-order valence-electron chi connectivity index (χ0n) is 14.5. The van der Waals surface area contributed by atoms with Crippen LogP contribution >= 0.6 is 0 Å². The van der Waals surface area contributed by atoms with Crippen molar-refractivity contribution < 1.29 is 27.6 Å². The normalized spacial score (nSPS) is 12.9. The quantitative estimate of drug-likeness (QED) is 0.319. The molecule has 1 aliphatic heterocycles. The van der Waals surface area contributed by atoms with Gasteiger partial charge in [0, 0.05) is 5.69 Å². The smallest absolute Gasteiger partial charge is 0.280 e. The van der Waals surface area contributed by atoms with E-state index in [1.807, 2.05) is 0 Å². The van der Waals surface area contributed by atoms with E-state index in [1.54, 1.807) is 6.07 Å². The number of nitrogens with two attached hydrogens (primary N) is 1. The van der Waals surface area contributed by atoms with Crippen LogP contribution in [0.3, 0.4) is 0 Å². The Kier molecular flexibility index (Phi) is 5.18. The van der Waals surface area contributed by atoms with Gasteiger partial charge in [0.15, 0.2) is 11.5 Å². The SMILES string of the molecule is N#CC(=Cc1cc2c(cc1[N+](=O)[O-])OCO2)C(=O)Nc1ccc(S(N)(=O)=O)cc1. The van der Waals surface area contributed by atoms with Crippen molar-refractivity contribution in [3.05, 3.63) is 57.6 Å². The zero-order chi connectivity index (χ0) is 21.2. The molecule has 29 heavy (non-hydrogen) atoms. The van der Waals surface area contributed by atoms with Crippen LogP contribution in [0.5, 0.6) is 11.5 Å².